The Bertz CT molecular complexity index is 924. The molecule has 0 aliphatic heterocycles. The van der Waals surface area contributed by atoms with Crippen molar-refractivity contribution in [3.05, 3.63) is 51.9 Å². The molecule has 0 aliphatic carbocycles. The van der Waals surface area contributed by atoms with Crippen LogP contribution in [0.5, 0.6) is 0 Å². The maximum atomic E-state index is 12.9. The van der Waals surface area contributed by atoms with E-state index in [0.717, 1.165) is 4.88 Å². The molecule has 154 valence electrons. The van der Waals surface area contributed by atoms with E-state index in [2.05, 4.69) is 16.0 Å². The van der Waals surface area contributed by atoms with Crippen LogP contribution in [-0.2, 0) is 14.3 Å². The van der Waals surface area contributed by atoms with Crippen LogP contribution >= 0.6 is 11.3 Å². The summed E-state index contributed by atoms with van der Waals surface area (Å²) in [5.41, 5.74) is 1.25. The molecule has 0 spiro atoms. The molecule has 0 fully saturated rings. The maximum Gasteiger partial charge on any atom is 0.342 e. The zero-order valence-electron chi connectivity index (χ0n) is 16.6. The Kier molecular flexibility index (Phi) is 7.49. The van der Waals surface area contributed by atoms with Crippen LogP contribution in [0.2, 0.25) is 0 Å². The number of ether oxygens (including phenoxy) is 1. The number of nitrogens with one attached hydrogen (secondary N) is 3. The molecule has 0 saturated carbocycles. The molecular weight excluding hydrogens is 394 g/mol. The van der Waals surface area contributed by atoms with Crippen LogP contribution < -0.4 is 16.0 Å². The van der Waals surface area contributed by atoms with Crippen LogP contribution in [0.3, 0.4) is 0 Å². The quantitative estimate of drug-likeness (QED) is 0.625. The summed E-state index contributed by atoms with van der Waals surface area (Å²) in [5.74, 6) is -1.87. The van der Waals surface area contributed by atoms with Crippen molar-refractivity contribution < 1.29 is 23.9 Å². The molecule has 2 aromatic rings. The first-order valence-corrected chi connectivity index (χ1v) is 9.78. The number of carbonyl (C=O) groups is 4. The summed E-state index contributed by atoms with van der Waals surface area (Å²) in [6.07, 6.45) is -1.34. The van der Waals surface area contributed by atoms with Crippen LogP contribution in [0.25, 0.3) is 0 Å². The van der Waals surface area contributed by atoms with E-state index in [0.29, 0.717) is 22.7 Å². The lowest BCUT2D eigenvalue weighted by molar-refractivity contribution is -0.129. The van der Waals surface area contributed by atoms with Gasteiger partial charge in [-0.2, -0.15) is 0 Å². The van der Waals surface area contributed by atoms with Gasteiger partial charge in [-0.25, -0.2) is 9.59 Å². The van der Waals surface area contributed by atoms with Crippen LogP contribution in [-0.4, -0.2) is 30.4 Å². The zero-order valence-corrected chi connectivity index (χ0v) is 17.4. The van der Waals surface area contributed by atoms with Crippen LogP contribution in [0.15, 0.2) is 30.3 Å². The fourth-order valence-electron chi connectivity index (χ4n) is 2.57. The van der Waals surface area contributed by atoms with Crippen molar-refractivity contribution in [3.63, 3.8) is 0 Å². The first-order chi connectivity index (χ1) is 13.7. The lowest BCUT2D eigenvalue weighted by atomic mass is 10.1. The van der Waals surface area contributed by atoms with E-state index in [1.807, 2.05) is 6.92 Å². The molecule has 9 heteroatoms. The summed E-state index contributed by atoms with van der Waals surface area (Å²) in [7, 11) is 0. The lowest BCUT2D eigenvalue weighted by Crippen LogP contribution is -2.42. The van der Waals surface area contributed by atoms with Gasteiger partial charge in [-0.3, -0.25) is 14.9 Å². The molecule has 0 aliphatic rings. The number of aryl methyl sites for hydroxylation is 1. The summed E-state index contributed by atoms with van der Waals surface area (Å²) in [6, 6.07) is 7.70. The maximum absolute atomic E-state index is 12.9. The standard InChI is InChI=1S/C20H23N3O5S/c1-5-21-20(27)23-17(25)16(14-9-7-6-8-10-14)28-19(26)15-11(2)12(3)29-18(15)22-13(4)24/h6-10,16H,5H2,1-4H3,(H,22,24)(H2,21,23,25,27)/t16-/m0/s1. The third kappa shape index (κ3) is 5.64. The monoisotopic (exact) mass is 417 g/mol. The van der Waals surface area contributed by atoms with Crippen molar-refractivity contribution in [2.45, 2.75) is 33.8 Å². The number of esters is 1. The Morgan fingerprint density at radius 3 is 2.34 bits per heavy atom. The third-order valence-corrected chi connectivity index (χ3v) is 5.14. The number of rotatable bonds is 6. The smallest absolute Gasteiger partial charge is 0.342 e. The van der Waals surface area contributed by atoms with Crippen molar-refractivity contribution in [1.29, 1.82) is 0 Å². The molecular formula is C20H23N3O5S. The third-order valence-electron chi connectivity index (χ3n) is 4.02. The van der Waals surface area contributed by atoms with Gasteiger partial charge in [0.2, 0.25) is 12.0 Å². The Balaban J connectivity index is 2.34. The number of urea groups is 1. The molecule has 0 unspecified atom stereocenters. The zero-order chi connectivity index (χ0) is 21.6. The Hall–Kier alpha value is -3.20. The predicted octanol–water partition coefficient (Wildman–Crippen LogP) is 3.07. The van der Waals surface area contributed by atoms with E-state index >= 15 is 0 Å². The average Bonchev–Trinajstić information content (AvgIpc) is 2.93. The summed E-state index contributed by atoms with van der Waals surface area (Å²) < 4.78 is 5.50. The van der Waals surface area contributed by atoms with Crippen LogP contribution in [0, 0.1) is 13.8 Å². The van der Waals surface area contributed by atoms with Crippen LogP contribution in [0.4, 0.5) is 9.80 Å². The van der Waals surface area contributed by atoms with Gasteiger partial charge in [0.25, 0.3) is 5.91 Å². The Labute approximate surface area is 172 Å². The molecule has 2 rings (SSSR count). The Morgan fingerprint density at radius 2 is 1.76 bits per heavy atom. The summed E-state index contributed by atoms with van der Waals surface area (Å²) >= 11 is 1.25. The van der Waals surface area contributed by atoms with Crippen molar-refractivity contribution in [2.24, 2.45) is 0 Å². The number of imide groups is 1. The second kappa shape index (κ2) is 9.83. The predicted molar refractivity (Wildman–Crippen MR) is 110 cm³/mol. The van der Waals surface area contributed by atoms with Crippen molar-refractivity contribution in [2.75, 3.05) is 11.9 Å². The van der Waals surface area contributed by atoms with Gasteiger partial charge < -0.3 is 15.4 Å². The first-order valence-electron chi connectivity index (χ1n) is 8.96. The van der Waals surface area contributed by atoms with E-state index in [1.165, 1.54) is 18.3 Å². The molecule has 29 heavy (non-hydrogen) atoms. The summed E-state index contributed by atoms with van der Waals surface area (Å²) in [4.78, 5) is 49.6. The second-order valence-corrected chi connectivity index (χ2v) is 7.44. The fourth-order valence-corrected chi connectivity index (χ4v) is 3.66. The van der Waals surface area contributed by atoms with E-state index in [9.17, 15) is 19.2 Å². The molecule has 8 nitrogen and oxygen atoms in total. The molecule has 0 bridgehead atoms. The van der Waals surface area contributed by atoms with Gasteiger partial charge in [0.15, 0.2) is 0 Å². The van der Waals surface area contributed by atoms with Gasteiger partial charge in [-0.05, 0) is 26.3 Å². The molecule has 1 atom stereocenters. The largest absolute Gasteiger partial charge is 0.444 e. The SMILES string of the molecule is CCNC(=O)NC(=O)[C@@H](OC(=O)c1c(NC(C)=O)sc(C)c1C)c1ccccc1. The average molecular weight is 417 g/mol. The molecule has 0 saturated heterocycles. The van der Waals surface area contributed by atoms with Crippen LogP contribution in [0.1, 0.15) is 46.3 Å². The van der Waals surface area contributed by atoms with Gasteiger partial charge in [-0.15, -0.1) is 11.3 Å². The normalized spacial score (nSPS) is 11.3. The molecule has 1 aromatic carbocycles. The molecule has 4 amide bonds. The number of anilines is 1. The number of hydrogen-bond donors (Lipinski definition) is 3. The van der Waals surface area contributed by atoms with Crippen molar-refractivity contribution in [1.82, 2.24) is 10.6 Å². The van der Waals surface area contributed by atoms with E-state index in [1.54, 1.807) is 44.2 Å². The number of hydrogen-bond acceptors (Lipinski definition) is 6. The van der Waals surface area contributed by atoms with E-state index in [-0.39, 0.29) is 11.5 Å². The highest BCUT2D eigenvalue weighted by Gasteiger charge is 2.30. The van der Waals surface area contributed by atoms with Gasteiger partial charge in [0, 0.05) is 23.9 Å². The van der Waals surface area contributed by atoms with Gasteiger partial charge >= 0.3 is 12.0 Å². The first kappa shape index (κ1) is 22.1. The Morgan fingerprint density at radius 1 is 1.10 bits per heavy atom. The molecule has 1 heterocycles. The van der Waals surface area contributed by atoms with Gasteiger partial charge in [0.05, 0.1) is 5.56 Å². The number of carbonyl (C=O) groups excluding carboxylic acids is 4. The number of benzene rings is 1. The highest BCUT2D eigenvalue weighted by atomic mass is 32.1. The van der Waals surface area contributed by atoms with Crippen molar-refractivity contribution in [3.8, 4) is 0 Å². The highest BCUT2D eigenvalue weighted by molar-refractivity contribution is 7.16. The number of thiophene rings is 1. The van der Waals surface area contributed by atoms with Crippen molar-refractivity contribution >= 4 is 40.2 Å². The molecule has 0 radical (unpaired) electrons. The minimum Gasteiger partial charge on any atom is -0.444 e. The lowest BCUT2D eigenvalue weighted by Gasteiger charge is -2.18. The minimum atomic E-state index is -1.34. The molecule has 1 aromatic heterocycles. The van der Waals surface area contributed by atoms with Gasteiger partial charge in [0.1, 0.15) is 5.00 Å². The topological polar surface area (TPSA) is 114 Å². The van der Waals surface area contributed by atoms with E-state index < -0.39 is 24.0 Å². The minimum absolute atomic E-state index is 0.189. The highest BCUT2D eigenvalue weighted by Crippen LogP contribution is 2.34. The fraction of sp³-hybridized carbons (Fsp3) is 0.300. The summed E-state index contributed by atoms with van der Waals surface area (Å²) in [6.45, 7) is 6.94. The number of amides is 4. The van der Waals surface area contributed by atoms with E-state index in [4.69, 9.17) is 4.74 Å². The summed E-state index contributed by atoms with van der Waals surface area (Å²) in [5, 5.41) is 7.60. The van der Waals surface area contributed by atoms with Gasteiger partial charge in [-0.1, -0.05) is 30.3 Å². The molecule has 3 N–H and O–H groups in total. The second-order valence-electron chi connectivity index (χ2n) is 6.21.